The van der Waals surface area contributed by atoms with Crippen LogP contribution in [0.2, 0.25) is 0 Å². The predicted octanol–water partition coefficient (Wildman–Crippen LogP) is 2.40. The second kappa shape index (κ2) is 4.20. The molecule has 0 amide bonds. The number of pyridine rings is 2. The van der Waals surface area contributed by atoms with E-state index in [2.05, 4.69) is 9.97 Å². The molecule has 5 heteroatoms. The van der Waals surface area contributed by atoms with Crippen molar-refractivity contribution in [2.24, 2.45) is 0 Å². The lowest BCUT2D eigenvalue weighted by atomic mass is 10.2. The summed E-state index contributed by atoms with van der Waals surface area (Å²) in [6, 6.07) is 7.30. The Morgan fingerprint density at radius 2 is 2.16 bits per heavy atom. The minimum atomic E-state index is -1.03. The molecule has 0 spiro atoms. The number of rotatable bonds is 2. The molecular weight excluding hydrogens is 242 g/mol. The van der Waals surface area contributed by atoms with Gasteiger partial charge >= 0.3 is 5.97 Å². The van der Waals surface area contributed by atoms with Gasteiger partial charge in [0.15, 0.2) is 5.69 Å². The van der Waals surface area contributed by atoms with Crippen molar-refractivity contribution < 1.29 is 9.90 Å². The molecule has 0 aliphatic rings. The monoisotopic (exact) mass is 253 g/mol. The summed E-state index contributed by atoms with van der Waals surface area (Å²) in [6.45, 7) is 1.95. The van der Waals surface area contributed by atoms with Crippen LogP contribution < -0.4 is 0 Å². The fraction of sp³-hybridized carbons (Fsp3) is 0.0714. The summed E-state index contributed by atoms with van der Waals surface area (Å²) in [7, 11) is 0. The largest absolute Gasteiger partial charge is 0.476 e. The number of carbonyl (C=O) groups is 1. The topological polar surface area (TPSA) is 67.5 Å². The average molecular weight is 253 g/mol. The third-order valence-corrected chi connectivity index (χ3v) is 2.91. The van der Waals surface area contributed by atoms with Crippen molar-refractivity contribution in [3.05, 3.63) is 54.1 Å². The van der Waals surface area contributed by atoms with Crippen LogP contribution >= 0.6 is 0 Å². The Morgan fingerprint density at radius 1 is 1.32 bits per heavy atom. The number of fused-ring (bicyclic) bond motifs is 1. The zero-order chi connectivity index (χ0) is 13.4. The van der Waals surface area contributed by atoms with Gasteiger partial charge in [0.1, 0.15) is 5.82 Å². The Labute approximate surface area is 109 Å². The van der Waals surface area contributed by atoms with Crippen molar-refractivity contribution in [2.45, 2.75) is 6.92 Å². The lowest BCUT2D eigenvalue weighted by Crippen LogP contribution is -1.97. The zero-order valence-corrected chi connectivity index (χ0v) is 10.2. The van der Waals surface area contributed by atoms with Gasteiger partial charge in [-0.05, 0) is 30.7 Å². The SMILES string of the molecule is Cc1ccc2c(C(=O)O)nc(-c3cccnc3)n2c1. The van der Waals surface area contributed by atoms with E-state index in [4.69, 9.17) is 0 Å². The normalized spacial score (nSPS) is 10.8. The molecule has 0 fully saturated rings. The third kappa shape index (κ3) is 1.85. The molecule has 0 aromatic carbocycles. The van der Waals surface area contributed by atoms with E-state index in [1.54, 1.807) is 28.9 Å². The van der Waals surface area contributed by atoms with Crippen LogP contribution in [-0.2, 0) is 0 Å². The highest BCUT2D eigenvalue weighted by Crippen LogP contribution is 2.22. The van der Waals surface area contributed by atoms with Crippen LogP contribution in [0.25, 0.3) is 16.9 Å². The molecule has 3 aromatic rings. The number of nitrogens with zero attached hydrogens (tertiary/aromatic N) is 3. The Hall–Kier alpha value is -2.69. The smallest absolute Gasteiger partial charge is 0.356 e. The maximum atomic E-state index is 11.3. The van der Waals surface area contributed by atoms with Gasteiger partial charge in [-0.25, -0.2) is 9.78 Å². The van der Waals surface area contributed by atoms with E-state index in [1.807, 2.05) is 25.3 Å². The number of hydrogen-bond acceptors (Lipinski definition) is 3. The van der Waals surface area contributed by atoms with E-state index >= 15 is 0 Å². The van der Waals surface area contributed by atoms with Crippen molar-refractivity contribution in [3.63, 3.8) is 0 Å². The molecule has 5 nitrogen and oxygen atoms in total. The Balaban J connectivity index is 2.36. The second-order valence-electron chi connectivity index (χ2n) is 4.29. The first kappa shape index (κ1) is 11.4. The minimum absolute atomic E-state index is 0.0545. The van der Waals surface area contributed by atoms with Gasteiger partial charge in [0.25, 0.3) is 0 Å². The Kier molecular flexibility index (Phi) is 2.52. The van der Waals surface area contributed by atoms with Crippen molar-refractivity contribution in [1.82, 2.24) is 14.4 Å². The molecule has 0 aliphatic carbocycles. The summed E-state index contributed by atoms with van der Waals surface area (Å²) in [5.74, 6) is -0.444. The lowest BCUT2D eigenvalue weighted by molar-refractivity contribution is 0.0693. The molecule has 0 saturated heterocycles. The van der Waals surface area contributed by atoms with Crippen molar-refractivity contribution in [3.8, 4) is 11.4 Å². The number of carboxylic acids is 1. The van der Waals surface area contributed by atoms with Gasteiger partial charge in [0.2, 0.25) is 0 Å². The van der Waals surface area contributed by atoms with Crippen LogP contribution in [0.3, 0.4) is 0 Å². The fourth-order valence-electron chi connectivity index (χ4n) is 2.05. The molecule has 0 saturated carbocycles. The van der Waals surface area contributed by atoms with Crippen LogP contribution in [-0.4, -0.2) is 25.4 Å². The van der Waals surface area contributed by atoms with Crippen LogP contribution in [0, 0.1) is 6.92 Å². The molecule has 0 bridgehead atoms. The van der Waals surface area contributed by atoms with Crippen LogP contribution in [0.1, 0.15) is 16.1 Å². The third-order valence-electron chi connectivity index (χ3n) is 2.91. The van der Waals surface area contributed by atoms with E-state index in [9.17, 15) is 9.90 Å². The molecule has 3 aromatic heterocycles. The van der Waals surface area contributed by atoms with Gasteiger partial charge in [-0.15, -0.1) is 0 Å². The average Bonchev–Trinajstić information content (AvgIpc) is 2.78. The molecule has 3 heterocycles. The van der Waals surface area contributed by atoms with Crippen LogP contribution in [0.5, 0.6) is 0 Å². The molecule has 3 rings (SSSR count). The molecule has 0 aliphatic heterocycles. The first-order chi connectivity index (χ1) is 9.16. The molecule has 0 radical (unpaired) electrons. The standard InChI is InChI=1S/C14H11N3O2/c1-9-4-5-11-12(14(18)19)16-13(17(11)8-9)10-3-2-6-15-7-10/h2-8H,1H3,(H,18,19). The Morgan fingerprint density at radius 3 is 2.84 bits per heavy atom. The number of aryl methyl sites for hydroxylation is 1. The first-order valence-corrected chi connectivity index (χ1v) is 5.79. The van der Waals surface area contributed by atoms with E-state index in [0.29, 0.717) is 11.3 Å². The van der Waals surface area contributed by atoms with E-state index in [0.717, 1.165) is 11.1 Å². The minimum Gasteiger partial charge on any atom is -0.476 e. The van der Waals surface area contributed by atoms with Crippen molar-refractivity contribution in [1.29, 1.82) is 0 Å². The summed E-state index contributed by atoms with van der Waals surface area (Å²) in [5.41, 5.74) is 2.46. The van der Waals surface area contributed by atoms with Gasteiger partial charge in [-0.2, -0.15) is 0 Å². The molecule has 19 heavy (non-hydrogen) atoms. The summed E-state index contributed by atoms with van der Waals surface area (Å²) in [6.07, 6.45) is 5.21. The molecule has 1 N–H and O–H groups in total. The highest BCUT2D eigenvalue weighted by molar-refractivity contribution is 5.95. The van der Waals surface area contributed by atoms with E-state index in [-0.39, 0.29) is 5.69 Å². The number of hydrogen-bond donors (Lipinski definition) is 1. The van der Waals surface area contributed by atoms with Gasteiger partial charge in [-0.3, -0.25) is 9.38 Å². The zero-order valence-electron chi connectivity index (χ0n) is 10.2. The summed E-state index contributed by atoms with van der Waals surface area (Å²) >= 11 is 0. The van der Waals surface area contributed by atoms with Crippen molar-refractivity contribution in [2.75, 3.05) is 0 Å². The molecular formula is C14H11N3O2. The molecule has 94 valence electrons. The number of aromatic carboxylic acids is 1. The van der Waals surface area contributed by atoms with E-state index in [1.165, 1.54) is 0 Å². The highest BCUT2D eigenvalue weighted by atomic mass is 16.4. The molecule has 0 unspecified atom stereocenters. The van der Waals surface area contributed by atoms with Crippen LogP contribution in [0.15, 0.2) is 42.9 Å². The summed E-state index contributed by atoms with van der Waals surface area (Å²) in [4.78, 5) is 19.5. The number of aromatic nitrogens is 3. The Bertz CT molecular complexity index is 763. The predicted molar refractivity (Wildman–Crippen MR) is 70.1 cm³/mol. The number of imidazole rings is 1. The van der Waals surface area contributed by atoms with Gasteiger partial charge in [-0.1, -0.05) is 6.07 Å². The maximum absolute atomic E-state index is 11.3. The lowest BCUT2D eigenvalue weighted by Gasteiger charge is -2.01. The van der Waals surface area contributed by atoms with Gasteiger partial charge < -0.3 is 5.11 Å². The summed E-state index contributed by atoms with van der Waals surface area (Å²) in [5, 5.41) is 9.22. The maximum Gasteiger partial charge on any atom is 0.356 e. The van der Waals surface area contributed by atoms with Crippen LogP contribution in [0.4, 0.5) is 0 Å². The van der Waals surface area contributed by atoms with Gasteiger partial charge in [0, 0.05) is 24.2 Å². The van der Waals surface area contributed by atoms with Crippen molar-refractivity contribution >= 4 is 11.5 Å². The highest BCUT2D eigenvalue weighted by Gasteiger charge is 2.17. The molecule has 0 atom stereocenters. The summed E-state index contributed by atoms with van der Waals surface area (Å²) < 4.78 is 1.79. The second-order valence-corrected chi connectivity index (χ2v) is 4.29. The fourth-order valence-corrected chi connectivity index (χ4v) is 2.05. The van der Waals surface area contributed by atoms with E-state index < -0.39 is 5.97 Å². The number of carboxylic acid groups (broad SMARTS) is 1. The quantitative estimate of drug-likeness (QED) is 0.761. The first-order valence-electron chi connectivity index (χ1n) is 5.79. The van der Waals surface area contributed by atoms with Gasteiger partial charge in [0.05, 0.1) is 5.52 Å².